The summed E-state index contributed by atoms with van der Waals surface area (Å²) in [7, 11) is 0. The van der Waals surface area contributed by atoms with Crippen molar-refractivity contribution in [3.63, 3.8) is 0 Å². The van der Waals surface area contributed by atoms with Gasteiger partial charge < -0.3 is 9.64 Å². The van der Waals surface area contributed by atoms with Gasteiger partial charge in [-0.15, -0.1) is 0 Å². The minimum atomic E-state index is -1.49. The van der Waals surface area contributed by atoms with Crippen molar-refractivity contribution in [1.29, 1.82) is 0 Å². The zero-order valence-corrected chi connectivity index (χ0v) is 17.0. The Labute approximate surface area is 174 Å². The summed E-state index contributed by atoms with van der Waals surface area (Å²) in [5, 5.41) is 0.489. The maximum atomic E-state index is 13.4. The quantitative estimate of drug-likeness (QED) is 0.717. The molecule has 29 heavy (non-hydrogen) atoms. The standard InChI is InChI=1S/C22H21ClN2O4/c1-14(2)24-20(27)16-8-4-6-10-18(16)25-19(26)11-12-22(24,25)21(28)29-13-15-7-3-5-9-17(15)23/h3-10,14H,11-13H2,1-2H3/t22-/m1/s1. The lowest BCUT2D eigenvalue weighted by molar-refractivity contribution is -0.159. The largest absolute Gasteiger partial charge is 0.458 e. The van der Waals surface area contributed by atoms with Crippen LogP contribution in [0.2, 0.25) is 5.02 Å². The number of ether oxygens (including phenoxy) is 1. The predicted octanol–water partition coefficient (Wildman–Crippen LogP) is 3.77. The fourth-order valence-corrected chi connectivity index (χ4v) is 4.44. The number of hydrogen-bond donors (Lipinski definition) is 0. The highest BCUT2D eigenvalue weighted by Gasteiger charge is 2.62. The highest BCUT2D eigenvalue weighted by atomic mass is 35.5. The number of para-hydroxylation sites is 1. The van der Waals surface area contributed by atoms with Crippen LogP contribution >= 0.6 is 11.6 Å². The maximum Gasteiger partial charge on any atom is 0.354 e. The topological polar surface area (TPSA) is 66.9 Å². The lowest BCUT2D eigenvalue weighted by atomic mass is 9.95. The summed E-state index contributed by atoms with van der Waals surface area (Å²) < 4.78 is 5.63. The number of halogens is 1. The molecule has 1 atom stereocenters. The van der Waals surface area contributed by atoms with Crippen LogP contribution in [-0.4, -0.2) is 34.4 Å². The minimum Gasteiger partial charge on any atom is -0.458 e. The van der Waals surface area contributed by atoms with Crippen LogP contribution in [-0.2, 0) is 20.9 Å². The zero-order chi connectivity index (χ0) is 20.8. The fraction of sp³-hybridized carbons (Fsp3) is 0.318. The summed E-state index contributed by atoms with van der Waals surface area (Å²) in [4.78, 5) is 42.5. The van der Waals surface area contributed by atoms with Crippen LogP contribution in [0.15, 0.2) is 48.5 Å². The van der Waals surface area contributed by atoms with Gasteiger partial charge in [0.2, 0.25) is 11.6 Å². The first-order chi connectivity index (χ1) is 13.9. The van der Waals surface area contributed by atoms with E-state index >= 15 is 0 Å². The van der Waals surface area contributed by atoms with Gasteiger partial charge in [0.1, 0.15) is 6.61 Å². The number of hydrogen-bond acceptors (Lipinski definition) is 4. The van der Waals surface area contributed by atoms with E-state index in [2.05, 4.69) is 0 Å². The number of carbonyl (C=O) groups excluding carboxylic acids is 3. The Morgan fingerprint density at radius 3 is 2.55 bits per heavy atom. The molecule has 0 bridgehead atoms. The van der Waals surface area contributed by atoms with Gasteiger partial charge in [-0.3, -0.25) is 14.5 Å². The number of nitrogens with zero attached hydrogens (tertiary/aromatic N) is 2. The number of rotatable bonds is 4. The van der Waals surface area contributed by atoms with Crippen LogP contribution < -0.4 is 4.90 Å². The van der Waals surface area contributed by atoms with Crippen molar-refractivity contribution in [2.45, 2.75) is 45.0 Å². The molecule has 0 aromatic heterocycles. The molecule has 0 unspecified atom stereocenters. The third-order valence-corrected chi connectivity index (χ3v) is 5.83. The normalized spacial score (nSPS) is 20.7. The third-order valence-electron chi connectivity index (χ3n) is 5.46. The Morgan fingerprint density at radius 2 is 1.83 bits per heavy atom. The molecule has 6 nitrogen and oxygen atoms in total. The van der Waals surface area contributed by atoms with E-state index in [4.69, 9.17) is 16.3 Å². The average Bonchev–Trinajstić information content (AvgIpc) is 3.05. The second-order valence-corrected chi connectivity index (χ2v) is 7.91. The van der Waals surface area contributed by atoms with Crippen LogP contribution in [0, 0.1) is 0 Å². The molecule has 1 fully saturated rings. The molecule has 0 spiro atoms. The van der Waals surface area contributed by atoms with Crippen LogP contribution in [0.1, 0.15) is 42.6 Å². The summed E-state index contributed by atoms with van der Waals surface area (Å²) >= 11 is 6.18. The SMILES string of the molecule is CC(C)N1C(=O)c2ccccc2N2C(=O)CC[C@]21C(=O)OCc1ccccc1Cl. The van der Waals surface area contributed by atoms with Gasteiger partial charge in [0.05, 0.1) is 11.3 Å². The van der Waals surface area contributed by atoms with E-state index in [0.29, 0.717) is 21.8 Å². The summed E-state index contributed by atoms with van der Waals surface area (Å²) in [6, 6.07) is 13.7. The Kier molecular flexibility index (Phi) is 4.82. The van der Waals surface area contributed by atoms with E-state index in [1.807, 2.05) is 13.8 Å². The first-order valence-corrected chi connectivity index (χ1v) is 9.92. The molecule has 2 heterocycles. The van der Waals surface area contributed by atoms with Crippen molar-refractivity contribution in [2.24, 2.45) is 0 Å². The molecular formula is C22H21ClN2O4. The van der Waals surface area contributed by atoms with Crippen molar-refractivity contribution in [1.82, 2.24) is 4.90 Å². The van der Waals surface area contributed by atoms with Gasteiger partial charge in [0, 0.05) is 29.5 Å². The highest BCUT2D eigenvalue weighted by Crippen LogP contribution is 2.46. The number of anilines is 1. The molecule has 150 valence electrons. The van der Waals surface area contributed by atoms with E-state index in [9.17, 15) is 14.4 Å². The van der Waals surface area contributed by atoms with Crippen molar-refractivity contribution < 1.29 is 19.1 Å². The summed E-state index contributed by atoms with van der Waals surface area (Å²) in [5.41, 5.74) is 0.0313. The molecule has 1 saturated heterocycles. The number of esters is 1. The smallest absolute Gasteiger partial charge is 0.354 e. The molecular weight excluding hydrogens is 392 g/mol. The van der Waals surface area contributed by atoms with Crippen LogP contribution in [0.25, 0.3) is 0 Å². The van der Waals surface area contributed by atoms with Gasteiger partial charge in [-0.05, 0) is 32.0 Å². The van der Waals surface area contributed by atoms with Gasteiger partial charge >= 0.3 is 5.97 Å². The molecule has 2 aliphatic rings. The Hall–Kier alpha value is -2.86. The van der Waals surface area contributed by atoms with Crippen molar-refractivity contribution in [2.75, 3.05) is 4.90 Å². The molecule has 0 saturated carbocycles. The van der Waals surface area contributed by atoms with Crippen LogP contribution in [0.5, 0.6) is 0 Å². The summed E-state index contributed by atoms with van der Waals surface area (Å²) in [5.74, 6) is -1.11. The van der Waals surface area contributed by atoms with E-state index in [1.165, 1.54) is 9.80 Å². The van der Waals surface area contributed by atoms with E-state index < -0.39 is 11.6 Å². The van der Waals surface area contributed by atoms with Gasteiger partial charge in [0.15, 0.2) is 0 Å². The fourth-order valence-electron chi connectivity index (χ4n) is 4.25. The Bertz CT molecular complexity index is 1010. The minimum absolute atomic E-state index is 0.0376. The lowest BCUT2D eigenvalue weighted by Gasteiger charge is -2.50. The molecule has 2 aromatic rings. The molecule has 2 amide bonds. The molecule has 2 aromatic carbocycles. The second kappa shape index (κ2) is 7.19. The Balaban J connectivity index is 1.77. The van der Waals surface area contributed by atoms with Crippen LogP contribution in [0.3, 0.4) is 0 Å². The number of benzene rings is 2. The molecule has 0 radical (unpaired) electrons. The monoisotopic (exact) mass is 412 g/mol. The zero-order valence-electron chi connectivity index (χ0n) is 16.2. The van der Waals surface area contributed by atoms with Crippen molar-refractivity contribution >= 4 is 35.1 Å². The predicted molar refractivity (Wildman–Crippen MR) is 108 cm³/mol. The first kappa shape index (κ1) is 19.5. The lowest BCUT2D eigenvalue weighted by Crippen LogP contribution is -2.70. The molecule has 2 aliphatic heterocycles. The number of amides is 2. The molecule has 0 N–H and O–H groups in total. The van der Waals surface area contributed by atoms with Crippen LogP contribution in [0.4, 0.5) is 5.69 Å². The van der Waals surface area contributed by atoms with Gasteiger partial charge in [-0.25, -0.2) is 4.79 Å². The number of fused-ring (bicyclic) bond motifs is 3. The average molecular weight is 413 g/mol. The van der Waals surface area contributed by atoms with E-state index in [0.717, 1.165) is 0 Å². The summed E-state index contributed by atoms with van der Waals surface area (Å²) in [6.07, 6.45) is 0.345. The summed E-state index contributed by atoms with van der Waals surface area (Å²) in [6.45, 7) is 3.62. The van der Waals surface area contributed by atoms with Crippen molar-refractivity contribution in [3.05, 3.63) is 64.7 Å². The Morgan fingerprint density at radius 1 is 1.14 bits per heavy atom. The third kappa shape index (κ3) is 2.90. The van der Waals surface area contributed by atoms with Crippen molar-refractivity contribution in [3.8, 4) is 0 Å². The molecule has 0 aliphatic carbocycles. The van der Waals surface area contributed by atoms with Gasteiger partial charge in [0.25, 0.3) is 5.91 Å². The van der Waals surface area contributed by atoms with Gasteiger partial charge in [-0.1, -0.05) is 41.9 Å². The van der Waals surface area contributed by atoms with E-state index in [-0.39, 0.29) is 37.3 Å². The molecule has 4 rings (SSSR count). The number of carbonyl (C=O) groups is 3. The maximum absolute atomic E-state index is 13.4. The highest BCUT2D eigenvalue weighted by molar-refractivity contribution is 6.31. The first-order valence-electron chi connectivity index (χ1n) is 9.54. The van der Waals surface area contributed by atoms with E-state index in [1.54, 1.807) is 48.5 Å². The second-order valence-electron chi connectivity index (χ2n) is 7.50. The molecule has 7 heteroatoms. The van der Waals surface area contributed by atoms with Gasteiger partial charge in [-0.2, -0.15) is 0 Å².